The molecule has 0 aliphatic carbocycles. The molecule has 1 fully saturated rings. The summed E-state index contributed by atoms with van der Waals surface area (Å²) in [5.41, 5.74) is -0.479. The summed E-state index contributed by atoms with van der Waals surface area (Å²) in [4.78, 5) is 26.0. The van der Waals surface area contributed by atoms with Crippen molar-refractivity contribution in [2.75, 3.05) is 13.7 Å². The van der Waals surface area contributed by atoms with Crippen molar-refractivity contribution < 1.29 is 30.0 Å². The Kier molecular flexibility index (Phi) is 5.16. The molecule has 0 bridgehead atoms. The van der Waals surface area contributed by atoms with Crippen molar-refractivity contribution in [3.63, 3.8) is 0 Å². The van der Waals surface area contributed by atoms with E-state index in [1.54, 1.807) is 0 Å². The molecule has 1 aromatic rings. The Morgan fingerprint density at radius 3 is 2.65 bits per heavy atom. The van der Waals surface area contributed by atoms with E-state index in [1.165, 1.54) is 17.8 Å². The molecule has 10 nitrogen and oxygen atoms in total. The van der Waals surface area contributed by atoms with E-state index in [9.17, 15) is 19.8 Å². The summed E-state index contributed by atoms with van der Waals surface area (Å²) in [5.74, 6) is 0. The zero-order valence-corrected chi connectivity index (χ0v) is 12.9. The molecule has 0 unspecified atom stereocenters. The highest BCUT2D eigenvalue weighted by Gasteiger charge is 2.43. The second kappa shape index (κ2) is 6.76. The number of carboxylic acid groups (broad SMARTS) is 1. The Bertz CT molecular complexity index is 703. The second-order valence-corrected chi connectivity index (χ2v) is 5.58. The normalized spacial score (nSPS) is 27.1. The van der Waals surface area contributed by atoms with Crippen LogP contribution in [-0.4, -0.2) is 72.9 Å². The number of amides is 1. The molecule has 0 aromatic carbocycles. The third-order valence-electron chi connectivity index (χ3n) is 3.57. The molecule has 23 heavy (non-hydrogen) atoms. The van der Waals surface area contributed by atoms with Gasteiger partial charge >= 0.3 is 6.09 Å². The fraction of sp³-hybridized carbons (Fsp3) is 0.583. The van der Waals surface area contributed by atoms with Crippen molar-refractivity contribution in [1.82, 2.24) is 14.5 Å². The number of nitrogens with one attached hydrogen (secondary N) is 1. The fourth-order valence-electron chi connectivity index (χ4n) is 2.26. The molecule has 1 aromatic heterocycles. The van der Waals surface area contributed by atoms with Crippen LogP contribution in [0.15, 0.2) is 11.0 Å². The summed E-state index contributed by atoms with van der Waals surface area (Å²) in [6.45, 7) is -0.699. The maximum atomic E-state index is 11.9. The third kappa shape index (κ3) is 3.43. The topological polar surface area (TPSA) is 148 Å². The van der Waals surface area contributed by atoms with Crippen LogP contribution in [0.25, 0.3) is 0 Å². The summed E-state index contributed by atoms with van der Waals surface area (Å²) in [6.07, 6.45) is -4.74. The van der Waals surface area contributed by atoms with Gasteiger partial charge in [-0.15, -0.1) is 0 Å². The highest BCUT2D eigenvalue weighted by molar-refractivity contribution is 7.71. The predicted octanol–water partition coefficient (Wildman–Crippen LogP) is -1.37. The van der Waals surface area contributed by atoms with Crippen molar-refractivity contribution in [2.45, 2.75) is 31.1 Å². The van der Waals surface area contributed by atoms with Crippen LogP contribution in [0.3, 0.4) is 0 Å². The molecular weight excluding hydrogens is 330 g/mol. The highest BCUT2D eigenvalue weighted by Crippen LogP contribution is 2.29. The van der Waals surface area contributed by atoms with E-state index in [4.69, 9.17) is 27.2 Å². The molecule has 5 N–H and O–H groups in total. The first-order valence-electron chi connectivity index (χ1n) is 6.67. The fourth-order valence-corrected chi connectivity index (χ4v) is 2.51. The molecule has 2 rings (SSSR count). The molecule has 0 spiro atoms. The van der Waals surface area contributed by atoms with Crippen LogP contribution >= 0.6 is 12.2 Å². The predicted molar refractivity (Wildman–Crippen MR) is 78.4 cm³/mol. The van der Waals surface area contributed by atoms with Crippen LogP contribution in [0, 0.1) is 4.77 Å². The number of aliphatic hydroxyl groups excluding tert-OH is 3. The van der Waals surface area contributed by atoms with E-state index in [0.717, 1.165) is 4.90 Å². The monoisotopic (exact) mass is 347 g/mol. The quantitative estimate of drug-likeness (QED) is 0.419. The SMILES string of the molecule is CN(Cc1cn([C@H]2O[C@H](CO)[C@@H](O)[C@H]2O)c(=S)[nH]c1=O)C(=O)O. The average molecular weight is 347 g/mol. The molecule has 2 heterocycles. The third-order valence-corrected chi connectivity index (χ3v) is 3.88. The van der Waals surface area contributed by atoms with Crippen molar-refractivity contribution in [2.24, 2.45) is 0 Å². The van der Waals surface area contributed by atoms with Gasteiger partial charge in [-0.2, -0.15) is 0 Å². The number of aliphatic hydroxyl groups is 3. The van der Waals surface area contributed by atoms with E-state index < -0.39 is 42.8 Å². The van der Waals surface area contributed by atoms with Crippen LogP contribution in [-0.2, 0) is 11.3 Å². The van der Waals surface area contributed by atoms with Gasteiger partial charge in [0.2, 0.25) is 0 Å². The molecule has 1 saturated heterocycles. The Morgan fingerprint density at radius 1 is 1.48 bits per heavy atom. The minimum atomic E-state index is -1.37. The van der Waals surface area contributed by atoms with Gasteiger partial charge < -0.3 is 30.1 Å². The van der Waals surface area contributed by atoms with E-state index in [-0.39, 0.29) is 16.9 Å². The lowest BCUT2D eigenvalue weighted by atomic mass is 10.1. The van der Waals surface area contributed by atoms with E-state index in [2.05, 4.69) is 4.98 Å². The maximum absolute atomic E-state index is 11.9. The van der Waals surface area contributed by atoms with Crippen LogP contribution in [0.5, 0.6) is 0 Å². The molecular formula is C12H17N3O7S. The van der Waals surface area contributed by atoms with Crippen molar-refractivity contribution in [3.05, 3.63) is 26.9 Å². The van der Waals surface area contributed by atoms with Crippen LogP contribution < -0.4 is 5.56 Å². The number of aromatic amines is 1. The van der Waals surface area contributed by atoms with Gasteiger partial charge in [0.25, 0.3) is 5.56 Å². The summed E-state index contributed by atoms with van der Waals surface area (Å²) in [7, 11) is 1.29. The average Bonchev–Trinajstić information content (AvgIpc) is 2.77. The molecule has 11 heteroatoms. The lowest BCUT2D eigenvalue weighted by Crippen LogP contribution is -2.34. The van der Waals surface area contributed by atoms with Crippen LogP contribution in [0.4, 0.5) is 4.79 Å². The van der Waals surface area contributed by atoms with Crippen LogP contribution in [0.2, 0.25) is 0 Å². The van der Waals surface area contributed by atoms with E-state index in [0.29, 0.717) is 0 Å². The van der Waals surface area contributed by atoms with Crippen molar-refractivity contribution in [3.8, 4) is 0 Å². The summed E-state index contributed by atoms with van der Waals surface area (Å²) >= 11 is 5.01. The Balaban J connectivity index is 2.38. The molecule has 0 saturated carbocycles. The number of ether oxygens (including phenoxy) is 1. The number of nitrogens with zero attached hydrogens (tertiary/aromatic N) is 2. The minimum absolute atomic E-state index is 0.0634. The van der Waals surface area contributed by atoms with Gasteiger partial charge in [0.05, 0.1) is 18.7 Å². The first kappa shape index (κ1) is 17.6. The maximum Gasteiger partial charge on any atom is 0.407 e. The van der Waals surface area contributed by atoms with Gasteiger partial charge in [-0.3, -0.25) is 14.3 Å². The zero-order chi connectivity index (χ0) is 17.3. The van der Waals surface area contributed by atoms with Gasteiger partial charge in [-0.25, -0.2) is 4.79 Å². The Labute approximate surface area is 135 Å². The van der Waals surface area contributed by atoms with E-state index in [1.807, 2.05) is 0 Å². The number of hydrogen-bond acceptors (Lipinski definition) is 7. The molecule has 1 amide bonds. The number of hydrogen-bond donors (Lipinski definition) is 5. The summed E-state index contributed by atoms with van der Waals surface area (Å²) in [5, 5.41) is 37.8. The van der Waals surface area contributed by atoms with Gasteiger partial charge in [0.15, 0.2) is 11.0 Å². The molecule has 4 atom stereocenters. The Hall–Kier alpha value is -1.79. The molecule has 0 radical (unpaired) electrons. The molecule has 128 valence electrons. The van der Waals surface area contributed by atoms with Gasteiger partial charge in [-0.1, -0.05) is 0 Å². The number of carbonyl (C=O) groups is 1. The van der Waals surface area contributed by atoms with E-state index >= 15 is 0 Å². The standard InChI is InChI=1S/C12H17N3O7S/c1-14(12(20)21)2-5-3-15(11(23)13-9(5)19)10-8(18)7(17)6(4-16)22-10/h3,6-8,10,16-18H,2,4H2,1H3,(H,20,21)(H,13,19,23)/t6-,7-,8-,10+/m1/s1. The first-order chi connectivity index (χ1) is 10.8. The van der Waals surface area contributed by atoms with Crippen LogP contribution in [0.1, 0.15) is 11.8 Å². The highest BCUT2D eigenvalue weighted by atomic mass is 32.1. The minimum Gasteiger partial charge on any atom is -0.465 e. The number of aromatic nitrogens is 2. The smallest absolute Gasteiger partial charge is 0.407 e. The zero-order valence-electron chi connectivity index (χ0n) is 12.1. The number of H-pyrrole nitrogens is 1. The lowest BCUT2D eigenvalue weighted by molar-refractivity contribution is -0.0542. The van der Waals surface area contributed by atoms with Crippen molar-refractivity contribution in [1.29, 1.82) is 0 Å². The Morgan fingerprint density at radius 2 is 2.13 bits per heavy atom. The largest absolute Gasteiger partial charge is 0.465 e. The molecule has 1 aliphatic heterocycles. The number of rotatable bonds is 4. The van der Waals surface area contributed by atoms with Gasteiger partial charge in [0, 0.05) is 13.2 Å². The lowest BCUT2D eigenvalue weighted by Gasteiger charge is -2.20. The summed E-state index contributed by atoms with van der Waals surface area (Å²) in [6, 6.07) is 0. The second-order valence-electron chi connectivity index (χ2n) is 5.19. The van der Waals surface area contributed by atoms with Crippen molar-refractivity contribution >= 4 is 18.3 Å². The summed E-state index contributed by atoms with van der Waals surface area (Å²) < 4.78 is 6.49. The van der Waals surface area contributed by atoms with Gasteiger partial charge in [-0.05, 0) is 12.2 Å². The first-order valence-corrected chi connectivity index (χ1v) is 7.08. The van der Waals surface area contributed by atoms with Gasteiger partial charge in [0.1, 0.15) is 18.3 Å². The molecule has 1 aliphatic rings.